The second-order valence-electron chi connectivity index (χ2n) is 35.4. The van der Waals surface area contributed by atoms with E-state index in [1.165, 1.54) is 90.4 Å². The van der Waals surface area contributed by atoms with Gasteiger partial charge in [0.05, 0.1) is 11.2 Å². The van der Waals surface area contributed by atoms with Gasteiger partial charge in [-0.25, -0.2) is 33.6 Å². The Morgan fingerprint density at radius 3 is 1.09 bits per heavy atom. The number of hydrogen-bond donors (Lipinski definition) is 2. The first-order chi connectivity index (χ1) is 44.4. The monoisotopic (exact) mass is 1320 g/mol. The highest BCUT2D eigenvalue weighted by Gasteiger charge is 2.65. The highest BCUT2D eigenvalue weighted by Crippen LogP contribution is 2.66. The van der Waals surface area contributed by atoms with E-state index in [-0.39, 0.29) is 46.1 Å². The van der Waals surface area contributed by atoms with E-state index in [2.05, 4.69) is 58.4 Å². The van der Waals surface area contributed by atoms with Crippen LogP contribution in [0.3, 0.4) is 0 Å². The molecule has 0 aromatic carbocycles. The summed E-state index contributed by atoms with van der Waals surface area (Å²) in [4.78, 5) is 82.3. The van der Waals surface area contributed by atoms with Crippen molar-refractivity contribution < 1.29 is 76.9 Å². The van der Waals surface area contributed by atoms with Crippen LogP contribution >= 0.6 is 0 Å². The highest BCUT2D eigenvalue weighted by atomic mass is 16.6. The first kappa shape index (κ1) is 71.2. The van der Waals surface area contributed by atoms with E-state index >= 15 is 0 Å². The van der Waals surface area contributed by atoms with Crippen molar-refractivity contribution in [3.63, 3.8) is 0 Å². The summed E-state index contributed by atoms with van der Waals surface area (Å²) in [6.07, 6.45) is 30.8. The molecule has 0 aromatic rings. The van der Waals surface area contributed by atoms with E-state index in [0.717, 1.165) is 119 Å². The van der Waals surface area contributed by atoms with E-state index in [0.29, 0.717) is 88.4 Å². The molecule has 16 nitrogen and oxygen atoms in total. The smallest absolute Gasteiger partial charge is 0.344 e. The number of ether oxygens (including phenoxy) is 7. The van der Waals surface area contributed by atoms with Crippen LogP contribution in [0.5, 0.6) is 0 Å². The fourth-order valence-corrected chi connectivity index (χ4v) is 24.3. The molecule has 20 aliphatic rings. The average Bonchev–Trinajstić information content (AvgIpc) is 0.721. The van der Waals surface area contributed by atoms with Crippen molar-refractivity contribution >= 4 is 41.8 Å². The summed E-state index contributed by atoms with van der Waals surface area (Å²) in [5.74, 6) is 7.13. The van der Waals surface area contributed by atoms with E-state index in [4.69, 9.17) is 28.4 Å². The Morgan fingerprint density at radius 1 is 0.347 bits per heavy atom. The summed E-state index contributed by atoms with van der Waals surface area (Å²) in [7, 11) is 0. The molecule has 526 valence electrons. The lowest BCUT2D eigenvalue weighted by Gasteiger charge is -2.63. The molecule has 0 spiro atoms. The molecular formula is C79H114O16. The van der Waals surface area contributed by atoms with Crippen LogP contribution in [0.2, 0.25) is 0 Å². The van der Waals surface area contributed by atoms with Crippen LogP contribution in [0.15, 0.2) is 60.8 Å². The molecule has 20 saturated carbocycles. The largest absolute Gasteiger partial charge is 0.456 e. The average molecular weight is 1320 g/mol. The van der Waals surface area contributed by atoms with Gasteiger partial charge in [-0.15, -0.1) is 0 Å². The molecule has 6 unspecified atom stereocenters. The van der Waals surface area contributed by atoms with Gasteiger partial charge in [0.1, 0.15) is 28.0 Å². The van der Waals surface area contributed by atoms with Crippen molar-refractivity contribution in [2.24, 2.45) is 94.2 Å². The molecule has 0 amide bonds. The van der Waals surface area contributed by atoms with E-state index in [9.17, 15) is 43.8 Å². The predicted octanol–water partition coefficient (Wildman–Crippen LogP) is 14.2. The van der Waals surface area contributed by atoms with Crippen LogP contribution in [0, 0.1) is 94.2 Å². The highest BCUT2D eigenvalue weighted by molar-refractivity contribution is 5.90. The lowest BCUT2D eigenvalue weighted by atomic mass is 9.47. The third kappa shape index (κ3) is 15.0. The number of rotatable bonds is 15. The minimum Gasteiger partial charge on any atom is -0.456 e. The molecule has 95 heavy (non-hydrogen) atoms. The van der Waals surface area contributed by atoms with Crippen LogP contribution in [0.1, 0.15) is 242 Å². The molecule has 20 bridgehead atoms. The van der Waals surface area contributed by atoms with Crippen molar-refractivity contribution in [3.8, 4) is 0 Å². The van der Waals surface area contributed by atoms with Crippen LogP contribution in [-0.4, -0.2) is 104 Å². The normalized spacial score (nSPS) is 43.9. The third-order valence-corrected chi connectivity index (χ3v) is 26.8. The van der Waals surface area contributed by atoms with Gasteiger partial charge in [0, 0.05) is 40.7 Å². The fraction of sp³-hybridized carbons (Fsp3) is 0.785. The molecule has 20 fully saturated rings. The summed E-state index contributed by atoms with van der Waals surface area (Å²) >= 11 is 0. The van der Waals surface area contributed by atoms with E-state index in [1.54, 1.807) is 27.7 Å². The predicted molar refractivity (Wildman–Crippen MR) is 357 cm³/mol. The zero-order valence-corrected chi connectivity index (χ0v) is 59.0. The third-order valence-electron chi connectivity index (χ3n) is 26.8. The fourth-order valence-electron chi connectivity index (χ4n) is 24.3. The molecule has 20 rings (SSSR count). The van der Waals surface area contributed by atoms with E-state index in [1.807, 2.05) is 6.92 Å². The van der Waals surface area contributed by atoms with Crippen LogP contribution in [-0.2, 0) is 66.7 Å². The van der Waals surface area contributed by atoms with Gasteiger partial charge in [0.25, 0.3) is 0 Å². The second kappa shape index (κ2) is 26.5. The summed E-state index contributed by atoms with van der Waals surface area (Å²) in [5.41, 5.74) is -0.509. The van der Waals surface area contributed by atoms with E-state index < -0.39 is 59.1 Å². The van der Waals surface area contributed by atoms with Gasteiger partial charge < -0.3 is 43.4 Å². The molecule has 0 saturated heterocycles. The maximum Gasteiger partial charge on any atom is 0.344 e. The molecule has 2 N–H and O–H groups in total. The van der Waals surface area contributed by atoms with Crippen LogP contribution < -0.4 is 0 Å². The molecule has 6 atom stereocenters. The van der Waals surface area contributed by atoms with Gasteiger partial charge in [-0.1, -0.05) is 46.7 Å². The molecule has 20 aliphatic carbocycles. The van der Waals surface area contributed by atoms with Gasteiger partial charge in [0.15, 0.2) is 13.2 Å². The van der Waals surface area contributed by atoms with Crippen molar-refractivity contribution in [2.45, 2.75) is 281 Å². The van der Waals surface area contributed by atoms with Gasteiger partial charge in [0.2, 0.25) is 0 Å². The lowest BCUT2D eigenvalue weighted by Crippen LogP contribution is -2.63. The van der Waals surface area contributed by atoms with Gasteiger partial charge >= 0.3 is 41.8 Å². The number of esters is 7. The minimum absolute atomic E-state index is 0.142. The molecule has 0 heterocycles. The standard InChI is InChI=1S/C19H26O6.C16H24O2.C15H22O3.C15H22O2.C14H20O3/c1-11(2)18(22)24-9-16(20)23-10-17(21)25-19(3)14-5-12-4-13(7-14)8-15(19)6-12;1-4-16(18-15(17)10(2)3)13-6-11-5-12(8-13)9-14(16)7-11;1-10(2)12(16)18-15-6-11-4-13(3,8-15)7-14(17,5-11)9-15;1-9(2)14(16)17-15(3)12-5-10-4-11(7-12)8-13(15)6-10;1-9(2)12(15)17-14-6-10-3-11(7-14)5-13(16,4-10)8-14/h12-15H,1,4-10H2,2-3H3;11-14H,2,4-9H2,1,3H3;11,17H,1,4-9H2,2-3H3;10-13H,1,4-8H2,2-3H3;10-11,16H,1,3-8H2,2H3. The lowest BCUT2D eigenvalue weighted by molar-refractivity contribution is -0.237. The van der Waals surface area contributed by atoms with Gasteiger partial charge in [-0.05, 0) is 310 Å². The van der Waals surface area contributed by atoms with Crippen LogP contribution in [0.25, 0.3) is 0 Å². The first-order valence-corrected chi connectivity index (χ1v) is 36.6. The van der Waals surface area contributed by atoms with Gasteiger partial charge in [-0.3, -0.25) is 0 Å². The molecule has 0 aromatic heterocycles. The number of carbonyl (C=O) groups excluding carboxylic acids is 7. The first-order valence-electron chi connectivity index (χ1n) is 36.6. The maximum atomic E-state index is 12.2. The summed E-state index contributed by atoms with van der Waals surface area (Å²) in [6.45, 7) is 34.1. The quantitative estimate of drug-likeness (QED) is 0.0883. The Kier molecular flexibility index (Phi) is 19.9. The Labute approximate surface area is 565 Å². The summed E-state index contributed by atoms with van der Waals surface area (Å²) in [5, 5.41) is 21.2. The number of carbonyl (C=O) groups is 7. The molecule has 0 radical (unpaired) electrons. The molecule has 0 aliphatic heterocycles. The molecular weight excluding hydrogens is 1200 g/mol. The number of aliphatic hydroxyl groups is 2. The Hall–Kier alpha value is -5.09. The van der Waals surface area contributed by atoms with Crippen molar-refractivity contribution in [2.75, 3.05) is 13.2 Å². The van der Waals surface area contributed by atoms with Gasteiger partial charge in [-0.2, -0.15) is 0 Å². The second-order valence-corrected chi connectivity index (χ2v) is 35.4. The van der Waals surface area contributed by atoms with Crippen molar-refractivity contribution in [3.05, 3.63) is 60.8 Å². The Balaban J connectivity index is 0.000000122. The summed E-state index contributed by atoms with van der Waals surface area (Å²) < 4.78 is 38.6. The zero-order chi connectivity index (χ0) is 68.8. The zero-order valence-electron chi connectivity index (χ0n) is 59.0. The maximum absolute atomic E-state index is 12.2. The SMILES string of the molecule is C=C(C)C(=O)OC1(C)C2CC3CC(C2)CC1C3.C=C(C)C(=O)OC1(CC)C2CC3CC(C2)CC1C3.C=C(C)C(=O)OC12CC3CC(C)(CC(O)(C3)C1)C2.C=C(C)C(=O)OC12CC3CC(CC(O)(C3)C1)C2.C=C(C)C(=O)OCC(=O)OCC(=O)OC1(C)C2CC3CC(C2)CC1C3. The number of hydrogen-bond acceptors (Lipinski definition) is 16. The Bertz CT molecular complexity index is 2970. The Morgan fingerprint density at radius 2 is 0.695 bits per heavy atom. The van der Waals surface area contributed by atoms with Crippen LogP contribution in [0.4, 0.5) is 0 Å². The summed E-state index contributed by atoms with van der Waals surface area (Å²) in [6, 6.07) is 0. The topological polar surface area (TPSA) is 225 Å². The van der Waals surface area contributed by atoms with Crippen molar-refractivity contribution in [1.82, 2.24) is 0 Å². The van der Waals surface area contributed by atoms with Crippen molar-refractivity contribution in [1.29, 1.82) is 0 Å². The minimum atomic E-state index is -0.776. The molecule has 16 heteroatoms.